The summed E-state index contributed by atoms with van der Waals surface area (Å²) in [5.41, 5.74) is 1.79. The molecule has 4 nitrogen and oxygen atoms in total. The van der Waals surface area contributed by atoms with Gasteiger partial charge in [0.15, 0.2) is 5.65 Å². The lowest BCUT2D eigenvalue weighted by atomic mass is 10.1. The van der Waals surface area contributed by atoms with Crippen LogP contribution in [0.15, 0.2) is 42.9 Å². The number of nitrogens with zero attached hydrogens (tertiary/aromatic N) is 3. The fraction of sp³-hybridized carbons (Fsp3) is 0.235. The van der Waals surface area contributed by atoms with E-state index in [1.165, 1.54) is 18.5 Å². The fourth-order valence-electron chi connectivity index (χ4n) is 2.38. The maximum Gasteiger partial charge on any atom is 0.416 e. The van der Waals surface area contributed by atoms with Crippen LogP contribution in [0.5, 0.6) is 0 Å². The number of rotatable bonds is 4. The Morgan fingerprint density at radius 1 is 1.04 bits per heavy atom. The van der Waals surface area contributed by atoms with Crippen molar-refractivity contribution in [3.63, 3.8) is 0 Å². The maximum absolute atomic E-state index is 12.5. The van der Waals surface area contributed by atoms with Gasteiger partial charge in [0, 0.05) is 12.7 Å². The molecule has 1 N–H and O–H groups in total. The van der Waals surface area contributed by atoms with Crippen molar-refractivity contribution >= 4 is 16.9 Å². The van der Waals surface area contributed by atoms with Gasteiger partial charge in [-0.25, -0.2) is 15.0 Å². The molecule has 24 heavy (non-hydrogen) atoms. The molecule has 2 heterocycles. The molecule has 0 fully saturated rings. The Hall–Kier alpha value is -2.70. The maximum atomic E-state index is 12.5. The van der Waals surface area contributed by atoms with E-state index in [0.717, 1.165) is 28.6 Å². The van der Waals surface area contributed by atoms with Crippen LogP contribution >= 0.6 is 0 Å². The summed E-state index contributed by atoms with van der Waals surface area (Å²) in [5, 5.41) is 4.02. The van der Waals surface area contributed by atoms with E-state index >= 15 is 0 Å². The van der Waals surface area contributed by atoms with Crippen molar-refractivity contribution in [1.82, 2.24) is 15.0 Å². The van der Waals surface area contributed by atoms with Crippen LogP contribution in [-0.4, -0.2) is 21.5 Å². The highest BCUT2D eigenvalue weighted by molar-refractivity contribution is 5.86. The van der Waals surface area contributed by atoms with Crippen LogP contribution in [0.25, 0.3) is 11.0 Å². The van der Waals surface area contributed by atoms with Crippen molar-refractivity contribution in [2.75, 3.05) is 11.9 Å². The SMILES string of the molecule is Cc1cnc2ncnc(NCCc3ccc(C(F)(F)F)cc3)c2c1. The number of aromatic nitrogens is 3. The standard InChI is InChI=1S/C17H15F3N4/c1-11-8-14-15(23-10-24-16(14)22-9-11)21-7-6-12-2-4-13(5-3-12)17(18,19)20/h2-5,8-10H,6-7H2,1H3,(H,21,22,23,24). The first kappa shape index (κ1) is 16.2. The summed E-state index contributed by atoms with van der Waals surface area (Å²) in [4.78, 5) is 12.6. The molecule has 0 unspecified atom stereocenters. The monoisotopic (exact) mass is 332 g/mol. The van der Waals surface area contributed by atoms with Gasteiger partial charge < -0.3 is 5.32 Å². The Kier molecular flexibility index (Phi) is 4.33. The van der Waals surface area contributed by atoms with E-state index in [2.05, 4.69) is 20.3 Å². The normalized spacial score (nSPS) is 11.7. The van der Waals surface area contributed by atoms with Gasteiger partial charge in [-0.2, -0.15) is 13.2 Å². The lowest BCUT2D eigenvalue weighted by Crippen LogP contribution is -2.08. The van der Waals surface area contributed by atoms with Crippen LogP contribution in [0.4, 0.5) is 19.0 Å². The predicted molar refractivity (Wildman–Crippen MR) is 85.7 cm³/mol. The molecule has 0 radical (unpaired) electrons. The van der Waals surface area contributed by atoms with Gasteiger partial charge in [0.05, 0.1) is 10.9 Å². The van der Waals surface area contributed by atoms with E-state index in [0.29, 0.717) is 24.4 Å². The van der Waals surface area contributed by atoms with E-state index in [9.17, 15) is 13.2 Å². The minimum atomic E-state index is -4.30. The molecule has 0 atom stereocenters. The van der Waals surface area contributed by atoms with Gasteiger partial charge in [-0.15, -0.1) is 0 Å². The minimum absolute atomic E-state index is 0.547. The second kappa shape index (κ2) is 6.43. The summed E-state index contributed by atoms with van der Waals surface area (Å²) in [6.07, 6.45) is -0.545. The number of hydrogen-bond donors (Lipinski definition) is 1. The molecule has 0 aliphatic heterocycles. The molecule has 7 heteroatoms. The third kappa shape index (κ3) is 3.61. The molecule has 2 aromatic heterocycles. The molecule has 0 saturated heterocycles. The number of halogens is 3. The van der Waals surface area contributed by atoms with Crippen molar-refractivity contribution < 1.29 is 13.2 Å². The minimum Gasteiger partial charge on any atom is -0.369 e. The van der Waals surface area contributed by atoms with E-state index in [1.54, 1.807) is 6.20 Å². The van der Waals surface area contributed by atoms with Crippen molar-refractivity contribution in [2.24, 2.45) is 0 Å². The molecule has 0 saturated carbocycles. The molecule has 124 valence electrons. The lowest BCUT2D eigenvalue weighted by Gasteiger charge is -2.10. The first-order chi connectivity index (χ1) is 11.4. The molecule has 0 amide bonds. The zero-order chi connectivity index (χ0) is 17.2. The number of benzene rings is 1. The van der Waals surface area contributed by atoms with Crippen molar-refractivity contribution in [3.8, 4) is 0 Å². The molecule has 3 rings (SSSR count). The number of aryl methyl sites for hydroxylation is 1. The fourth-order valence-corrected chi connectivity index (χ4v) is 2.38. The highest BCUT2D eigenvalue weighted by Gasteiger charge is 2.29. The summed E-state index contributed by atoms with van der Waals surface area (Å²) in [6.45, 7) is 2.48. The molecule has 0 bridgehead atoms. The average Bonchev–Trinajstić information content (AvgIpc) is 2.55. The lowest BCUT2D eigenvalue weighted by molar-refractivity contribution is -0.137. The quantitative estimate of drug-likeness (QED) is 0.784. The molecular formula is C17H15F3N4. The Morgan fingerprint density at radius 3 is 2.50 bits per heavy atom. The van der Waals surface area contributed by atoms with Gasteiger partial charge in [-0.1, -0.05) is 12.1 Å². The molecule has 0 spiro atoms. The Balaban J connectivity index is 1.68. The third-order valence-corrected chi connectivity index (χ3v) is 3.61. The van der Waals surface area contributed by atoms with Crippen LogP contribution < -0.4 is 5.32 Å². The highest BCUT2D eigenvalue weighted by atomic mass is 19.4. The van der Waals surface area contributed by atoms with E-state index < -0.39 is 11.7 Å². The molecule has 0 aliphatic rings. The second-order valence-corrected chi connectivity index (χ2v) is 5.48. The number of anilines is 1. The second-order valence-electron chi connectivity index (χ2n) is 5.48. The summed E-state index contributed by atoms with van der Waals surface area (Å²) in [7, 11) is 0. The van der Waals surface area contributed by atoms with Gasteiger partial charge in [0.25, 0.3) is 0 Å². The number of nitrogens with one attached hydrogen (secondary N) is 1. The average molecular weight is 332 g/mol. The largest absolute Gasteiger partial charge is 0.416 e. The Labute approximate surface area is 136 Å². The predicted octanol–water partition coefficient (Wildman–Crippen LogP) is 4.01. The van der Waals surface area contributed by atoms with Crippen LogP contribution in [-0.2, 0) is 12.6 Å². The Morgan fingerprint density at radius 2 is 1.79 bits per heavy atom. The highest BCUT2D eigenvalue weighted by Crippen LogP contribution is 2.29. The van der Waals surface area contributed by atoms with E-state index in [1.807, 2.05) is 13.0 Å². The molecule has 3 aromatic rings. The van der Waals surface area contributed by atoms with Crippen LogP contribution in [0.1, 0.15) is 16.7 Å². The van der Waals surface area contributed by atoms with E-state index in [4.69, 9.17) is 0 Å². The number of pyridine rings is 1. The number of fused-ring (bicyclic) bond motifs is 1. The van der Waals surface area contributed by atoms with Gasteiger partial charge in [0.1, 0.15) is 12.1 Å². The van der Waals surface area contributed by atoms with Crippen LogP contribution in [0.2, 0.25) is 0 Å². The molecule has 1 aromatic carbocycles. The summed E-state index contributed by atoms with van der Waals surface area (Å²) < 4.78 is 37.6. The zero-order valence-electron chi connectivity index (χ0n) is 12.9. The number of alkyl halides is 3. The van der Waals surface area contributed by atoms with E-state index in [-0.39, 0.29) is 0 Å². The molecule has 0 aliphatic carbocycles. The summed E-state index contributed by atoms with van der Waals surface area (Å²) in [5.74, 6) is 0.670. The van der Waals surface area contributed by atoms with Crippen molar-refractivity contribution in [1.29, 1.82) is 0 Å². The van der Waals surface area contributed by atoms with Gasteiger partial charge in [0.2, 0.25) is 0 Å². The Bertz CT molecular complexity index is 845. The van der Waals surface area contributed by atoms with Crippen molar-refractivity contribution in [3.05, 3.63) is 59.5 Å². The third-order valence-electron chi connectivity index (χ3n) is 3.61. The van der Waals surface area contributed by atoms with Gasteiger partial charge in [-0.05, 0) is 42.7 Å². The van der Waals surface area contributed by atoms with Crippen molar-refractivity contribution in [2.45, 2.75) is 19.5 Å². The smallest absolute Gasteiger partial charge is 0.369 e. The van der Waals surface area contributed by atoms with Crippen LogP contribution in [0, 0.1) is 6.92 Å². The summed E-state index contributed by atoms with van der Waals surface area (Å²) >= 11 is 0. The van der Waals surface area contributed by atoms with Crippen LogP contribution in [0.3, 0.4) is 0 Å². The first-order valence-corrected chi connectivity index (χ1v) is 7.41. The number of hydrogen-bond acceptors (Lipinski definition) is 4. The van der Waals surface area contributed by atoms with Gasteiger partial charge in [-0.3, -0.25) is 0 Å². The molecular weight excluding hydrogens is 317 g/mol. The summed E-state index contributed by atoms with van der Waals surface area (Å²) in [6, 6.07) is 7.14. The zero-order valence-corrected chi connectivity index (χ0v) is 12.9. The van der Waals surface area contributed by atoms with Gasteiger partial charge >= 0.3 is 6.18 Å². The first-order valence-electron chi connectivity index (χ1n) is 7.41. The topological polar surface area (TPSA) is 50.7 Å².